The molecule has 0 fully saturated rings. The van der Waals surface area contributed by atoms with Crippen molar-refractivity contribution < 1.29 is 13.2 Å². The van der Waals surface area contributed by atoms with E-state index >= 15 is 0 Å². The van der Waals surface area contributed by atoms with Crippen LogP contribution in [0.25, 0.3) is 0 Å². The molecule has 6 heteroatoms. The molecule has 1 N–H and O–H groups in total. The summed E-state index contributed by atoms with van der Waals surface area (Å²) in [5.41, 5.74) is 0. The highest BCUT2D eigenvalue weighted by Gasteiger charge is 2.25. The zero-order chi connectivity index (χ0) is 11.1. The SMILES string of the molecule is FC(F)(F)CCCNCCn1cccn1. The lowest BCUT2D eigenvalue weighted by Gasteiger charge is -2.07. The maximum absolute atomic E-state index is 11.7. The molecule has 0 spiro atoms. The van der Waals surface area contributed by atoms with Gasteiger partial charge in [-0.25, -0.2) is 0 Å². The summed E-state index contributed by atoms with van der Waals surface area (Å²) in [6.45, 7) is 1.71. The topological polar surface area (TPSA) is 29.9 Å². The van der Waals surface area contributed by atoms with Gasteiger partial charge in [0, 0.05) is 25.4 Å². The van der Waals surface area contributed by atoms with Crippen molar-refractivity contribution in [3.05, 3.63) is 18.5 Å². The van der Waals surface area contributed by atoms with Crippen LogP contribution in [0.1, 0.15) is 12.8 Å². The second-order valence-corrected chi connectivity index (χ2v) is 3.24. The Labute approximate surface area is 86.3 Å². The molecule has 0 radical (unpaired) electrons. The van der Waals surface area contributed by atoms with Crippen molar-refractivity contribution in [1.29, 1.82) is 0 Å². The van der Waals surface area contributed by atoms with Gasteiger partial charge in [0.25, 0.3) is 0 Å². The Hall–Kier alpha value is -1.04. The Kier molecular flexibility index (Phi) is 4.61. The zero-order valence-electron chi connectivity index (χ0n) is 8.30. The van der Waals surface area contributed by atoms with Gasteiger partial charge in [0.1, 0.15) is 0 Å². The smallest absolute Gasteiger partial charge is 0.315 e. The first-order valence-electron chi connectivity index (χ1n) is 4.83. The minimum absolute atomic E-state index is 0.128. The van der Waals surface area contributed by atoms with E-state index in [0.29, 0.717) is 19.6 Å². The molecule has 0 saturated carbocycles. The molecule has 86 valence electrons. The molecule has 0 saturated heterocycles. The highest BCUT2D eigenvalue weighted by molar-refractivity contribution is 4.77. The van der Waals surface area contributed by atoms with E-state index in [-0.39, 0.29) is 6.42 Å². The molecular weight excluding hydrogens is 207 g/mol. The van der Waals surface area contributed by atoms with E-state index in [1.54, 1.807) is 10.9 Å². The number of aromatic nitrogens is 2. The molecule has 0 amide bonds. The average Bonchev–Trinajstić information content (AvgIpc) is 2.61. The normalized spacial score (nSPS) is 11.9. The van der Waals surface area contributed by atoms with Crippen LogP contribution in [0, 0.1) is 0 Å². The first kappa shape index (κ1) is 12.0. The average molecular weight is 221 g/mol. The third-order valence-electron chi connectivity index (χ3n) is 1.89. The summed E-state index contributed by atoms with van der Waals surface area (Å²) in [6.07, 6.45) is -1.14. The Morgan fingerprint density at radius 2 is 2.07 bits per heavy atom. The molecule has 15 heavy (non-hydrogen) atoms. The lowest BCUT2D eigenvalue weighted by atomic mass is 10.3. The van der Waals surface area contributed by atoms with Gasteiger partial charge in [0.05, 0.1) is 6.54 Å². The van der Waals surface area contributed by atoms with Gasteiger partial charge in [-0.15, -0.1) is 0 Å². The first-order chi connectivity index (χ1) is 7.08. The van der Waals surface area contributed by atoms with Gasteiger partial charge < -0.3 is 5.32 Å². The van der Waals surface area contributed by atoms with E-state index in [9.17, 15) is 13.2 Å². The van der Waals surface area contributed by atoms with E-state index < -0.39 is 12.6 Å². The third kappa shape index (κ3) is 6.11. The van der Waals surface area contributed by atoms with Gasteiger partial charge in [-0.1, -0.05) is 0 Å². The summed E-state index contributed by atoms with van der Waals surface area (Å²) in [6, 6.07) is 1.81. The predicted octanol–water partition coefficient (Wildman–Crippen LogP) is 1.82. The third-order valence-corrected chi connectivity index (χ3v) is 1.89. The van der Waals surface area contributed by atoms with Gasteiger partial charge in [-0.2, -0.15) is 18.3 Å². The quantitative estimate of drug-likeness (QED) is 0.742. The van der Waals surface area contributed by atoms with Crippen molar-refractivity contribution >= 4 is 0 Å². The summed E-state index contributed by atoms with van der Waals surface area (Å²) in [5, 5.41) is 6.91. The highest BCUT2D eigenvalue weighted by Crippen LogP contribution is 2.20. The highest BCUT2D eigenvalue weighted by atomic mass is 19.4. The van der Waals surface area contributed by atoms with Crippen molar-refractivity contribution in [3.8, 4) is 0 Å². The number of hydrogen-bond acceptors (Lipinski definition) is 2. The van der Waals surface area contributed by atoms with E-state index in [4.69, 9.17) is 0 Å². The molecule has 0 aliphatic rings. The molecular formula is C9H14F3N3. The Bertz CT molecular complexity index is 256. The molecule has 0 aromatic carbocycles. The summed E-state index contributed by atoms with van der Waals surface area (Å²) < 4.78 is 37.0. The maximum Gasteiger partial charge on any atom is 0.389 e. The molecule has 0 atom stereocenters. The number of nitrogens with zero attached hydrogens (tertiary/aromatic N) is 2. The van der Waals surface area contributed by atoms with Crippen LogP contribution in [0.2, 0.25) is 0 Å². The van der Waals surface area contributed by atoms with Crippen molar-refractivity contribution in [1.82, 2.24) is 15.1 Å². The van der Waals surface area contributed by atoms with Crippen molar-refractivity contribution in [2.24, 2.45) is 0 Å². The summed E-state index contributed by atoms with van der Waals surface area (Å²) in [5.74, 6) is 0. The molecule has 0 unspecified atom stereocenters. The first-order valence-corrected chi connectivity index (χ1v) is 4.83. The number of nitrogens with one attached hydrogen (secondary N) is 1. The van der Waals surface area contributed by atoms with Gasteiger partial charge >= 0.3 is 6.18 Å². The van der Waals surface area contributed by atoms with Gasteiger partial charge in [-0.05, 0) is 19.0 Å². The second kappa shape index (κ2) is 5.75. The molecule has 0 bridgehead atoms. The Balaban J connectivity index is 1.94. The van der Waals surface area contributed by atoms with Crippen LogP contribution in [0.3, 0.4) is 0 Å². The summed E-state index contributed by atoms with van der Waals surface area (Å²) in [7, 11) is 0. The van der Waals surface area contributed by atoms with Crippen LogP contribution >= 0.6 is 0 Å². The molecule has 1 aromatic rings. The number of hydrogen-bond donors (Lipinski definition) is 1. The lowest BCUT2D eigenvalue weighted by Crippen LogP contribution is -2.22. The fraction of sp³-hybridized carbons (Fsp3) is 0.667. The molecule has 1 heterocycles. The van der Waals surface area contributed by atoms with Crippen LogP contribution in [0.5, 0.6) is 0 Å². The summed E-state index contributed by atoms with van der Waals surface area (Å²) >= 11 is 0. The van der Waals surface area contributed by atoms with E-state index in [0.717, 1.165) is 0 Å². The largest absolute Gasteiger partial charge is 0.389 e. The van der Waals surface area contributed by atoms with Gasteiger partial charge in [-0.3, -0.25) is 4.68 Å². The van der Waals surface area contributed by atoms with Gasteiger partial charge in [0.15, 0.2) is 0 Å². The standard InChI is InChI=1S/C9H14F3N3/c10-9(11,12)3-1-4-13-6-8-15-7-2-5-14-15/h2,5,7,13H,1,3-4,6,8H2. The van der Waals surface area contributed by atoms with Crippen LogP contribution in [-0.2, 0) is 6.54 Å². The van der Waals surface area contributed by atoms with E-state index in [2.05, 4.69) is 10.4 Å². The fourth-order valence-corrected chi connectivity index (χ4v) is 1.17. The van der Waals surface area contributed by atoms with Crippen LogP contribution in [0.4, 0.5) is 13.2 Å². The second-order valence-electron chi connectivity index (χ2n) is 3.24. The number of alkyl halides is 3. The molecule has 0 aliphatic carbocycles. The number of rotatable bonds is 6. The lowest BCUT2D eigenvalue weighted by molar-refractivity contribution is -0.135. The molecule has 3 nitrogen and oxygen atoms in total. The zero-order valence-corrected chi connectivity index (χ0v) is 8.30. The Morgan fingerprint density at radius 1 is 1.27 bits per heavy atom. The Morgan fingerprint density at radius 3 is 2.67 bits per heavy atom. The van der Waals surface area contributed by atoms with Crippen LogP contribution < -0.4 is 5.32 Å². The van der Waals surface area contributed by atoms with E-state index in [1.807, 2.05) is 12.3 Å². The van der Waals surface area contributed by atoms with Crippen LogP contribution in [-0.4, -0.2) is 29.0 Å². The van der Waals surface area contributed by atoms with Crippen molar-refractivity contribution in [3.63, 3.8) is 0 Å². The predicted molar refractivity (Wildman–Crippen MR) is 50.4 cm³/mol. The molecule has 1 rings (SSSR count). The van der Waals surface area contributed by atoms with Crippen molar-refractivity contribution in [2.45, 2.75) is 25.6 Å². The number of halogens is 3. The van der Waals surface area contributed by atoms with Crippen LogP contribution in [0.15, 0.2) is 18.5 Å². The molecule has 1 aromatic heterocycles. The monoisotopic (exact) mass is 221 g/mol. The van der Waals surface area contributed by atoms with Gasteiger partial charge in [0.2, 0.25) is 0 Å². The van der Waals surface area contributed by atoms with E-state index in [1.165, 1.54) is 0 Å². The fourth-order valence-electron chi connectivity index (χ4n) is 1.17. The minimum Gasteiger partial charge on any atom is -0.315 e. The summed E-state index contributed by atoms with van der Waals surface area (Å²) in [4.78, 5) is 0. The minimum atomic E-state index is -4.04. The maximum atomic E-state index is 11.7. The van der Waals surface area contributed by atoms with Crippen molar-refractivity contribution in [2.75, 3.05) is 13.1 Å². The molecule has 0 aliphatic heterocycles.